The quantitative estimate of drug-likeness (QED) is 0.644. The Morgan fingerprint density at radius 3 is 2.45 bits per heavy atom. The summed E-state index contributed by atoms with van der Waals surface area (Å²) in [5, 5.41) is 3.40. The number of nitrogens with zero attached hydrogens (tertiary/aromatic N) is 1. The Hall–Kier alpha value is -0.530. The molecule has 1 rings (SSSR count). The van der Waals surface area contributed by atoms with Crippen LogP contribution in [0.4, 0.5) is 0 Å². The molecule has 1 aliphatic rings. The van der Waals surface area contributed by atoms with E-state index in [1.165, 1.54) is 5.84 Å². The van der Waals surface area contributed by atoms with E-state index in [4.69, 9.17) is 0 Å². The zero-order valence-electron chi connectivity index (χ0n) is 7.89. The molecule has 0 bridgehead atoms. The Kier molecular flexibility index (Phi) is 2.53. The molecule has 0 aromatic carbocycles. The molecule has 2 atom stereocenters. The predicted octanol–water partition coefficient (Wildman–Crippen LogP) is 1.81. The summed E-state index contributed by atoms with van der Waals surface area (Å²) < 4.78 is 0. The van der Waals surface area contributed by atoms with Crippen molar-refractivity contribution in [2.45, 2.75) is 46.2 Å². The second-order valence-corrected chi connectivity index (χ2v) is 3.58. The Balaban J connectivity index is 2.59. The molecular weight excluding hydrogens is 136 g/mol. The number of rotatable bonds is 2. The molecule has 2 unspecified atom stereocenters. The molecule has 0 radical (unpaired) electrons. The number of amidine groups is 1. The predicted molar refractivity (Wildman–Crippen MR) is 48.9 cm³/mol. The van der Waals surface area contributed by atoms with Crippen LogP contribution < -0.4 is 5.32 Å². The van der Waals surface area contributed by atoms with E-state index in [2.05, 4.69) is 38.0 Å². The molecule has 0 saturated heterocycles. The first-order valence-corrected chi connectivity index (χ1v) is 4.49. The molecule has 1 heterocycles. The van der Waals surface area contributed by atoms with Crippen LogP contribution in [-0.2, 0) is 0 Å². The maximum Gasteiger partial charge on any atom is 0.0996 e. The van der Waals surface area contributed by atoms with Crippen LogP contribution in [0.25, 0.3) is 0 Å². The standard InChI is InChI=1S/C9H18N2/c1-5-8-7(4)10-9(11-8)6(2)3/h6-8H,5H2,1-4H3,(H,10,11). The first kappa shape index (κ1) is 8.57. The van der Waals surface area contributed by atoms with E-state index in [9.17, 15) is 0 Å². The SMILES string of the molecule is CCC1N=C(C(C)C)NC1C. The Bertz CT molecular complexity index is 161. The molecule has 2 heteroatoms. The zero-order chi connectivity index (χ0) is 8.43. The normalized spacial score (nSPS) is 30.5. The van der Waals surface area contributed by atoms with E-state index >= 15 is 0 Å². The molecule has 11 heavy (non-hydrogen) atoms. The fourth-order valence-corrected chi connectivity index (χ4v) is 1.42. The lowest BCUT2D eigenvalue weighted by Gasteiger charge is -2.11. The summed E-state index contributed by atoms with van der Waals surface area (Å²) in [7, 11) is 0. The summed E-state index contributed by atoms with van der Waals surface area (Å²) in [5.74, 6) is 1.73. The van der Waals surface area contributed by atoms with Crippen LogP contribution in [-0.4, -0.2) is 17.9 Å². The van der Waals surface area contributed by atoms with Gasteiger partial charge in [-0.15, -0.1) is 0 Å². The molecule has 0 saturated carbocycles. The Morgan fingerprint density at radius 2 is 2.18 bits per heavy atom. The molecule has 0 amide bonds. The second kappa shape index (κ2) is 3.24. The van der Waals surface area contributed by atoms with Gasteiger partial charge >= 0.3 is 0 Å². The molecule has 0 aromatic rings. The molecule has 2 nitrogen and oxygen atoms in total. The summed E-state index contributed by atoms with van der Waals surface area (Å²) >= 11 is 0. The molecule has 64 valence electrons. The van der Waals surface area contributed by atoms with Crippen molar-refractivity contribution in [1.29, 1.82) is 0 Å². The van der Waals surface area contributed by atoms with Gasteiger partial charge in [-0.2, -0.15) is 0 Å². The lowest BCUT2D eigenvalue weighted by Crippen LogP contribution is -2.33. The molecule has 1 aliphatic heterocycles. The first-order valence-electron chi connectivity index (χ1n) is 4.49. The van der Waals surface area contributed by atoms with Gasteiger partial charge in [-0.1, -0.05) is 20.8 Å². The van der Waals surface area contributed by atoms with Gasteiger partial charge in [0.1, 0.15) is 0 Å². The topological polar surface area (TPSA) is 24.4 Å². The first-order chi connectivity index (χ1) is 5.15. The van der Waals surface area contributed by atoms with Crippen molar-refractivity contribution in [2.75, 3.05) is 0 Å². The van der Waals surface area contributed by atoms with Crippen LogP contribution >= 0.6 is 0 Å². The van der Waals surface area contributed by atoms with Crippen molar-refractivity contribution in [2.24, 2.45) is 10.9 Å². The molecule has 0 aromatic heterocycles. The van der Waals surface area contributed by atoms with Gasteiger partial charge < -0.3 is 5.32 Å². The van der Waals surface area contributed by atoms with E-state index in [0.29, 0.717) is 18.0 Å². The maximum atomic E-state index is 4.59. The smallest absolute Gasteiger partial charge is 0.0996 e. The number of hydrogen-bond acceptors (Lipinski definition) is 2. The molecule has 0 fully saturated rings. The van der Waals surface area contributed by atoms with Gasteiger partial charge in [0.15, 0.2) is 0 Å². The van der Waals surface area contributed by atoms with Crippen molar-refractivity contribution >= 4 is 5.84 Å². The van der Waals surface area contributed by atoms with Gasteiger partial charge in [0.25, 0.3) is 0 Å². The third kappa shape index (κ3) is 1.73. The van der Waals surface area contributed by atoms with Crippen molar-refractivity contribution in [3.8, 4) is 0 Å². The highest BCUT2D eigenvalue weighted by atomic mass is 15.1. The van der Waals surface area contributed by atoms with E-state index < -0.39 is 0 Å². The zero-order valence-corrected chi connectivity index (χ0v) is 7.89. The molecule has 0 aliphatic carbocycles. The van der Waals surface area contributed by atoms with Crippen molar-refractivity contribution in [3.05, 3.63) is 0 Å². The number of nitrogens with one attached hydrogen (secondary N) is 1. The van der Waals surface area contributed by atoms with Crippen molar-refractivity contribution < 1.29 is 0 Å². The van der Waals surface area contributed by atoms with Crippen molar-refractivity contribution in [1.82, 2.24) is 5.32 Å². The van der Waals surface area contributed by atoms with Crippen LogP contribution in [0.1, 0.15) is 34.1 Å². The minimum atomic E-state index is 0.507. The van der Waals surface area contributed by atoms with Gasteiger partial charge in [0.05, 0.1) is 11.9 Å². The van der Waals surface area contributed by atoms with Crippen LogP contribution in [0, 0.1) is 5.92 Å². The minimum Gasteiger partial charge on any atom is -0.369 e. The summed E-state index contributed by atoms with van der Waals surface area (Å²) in [5.41, 5.74) is 0. The number of aliphatic imine (C=N–C) groups is 1. The maximum absolute atomic E-state index is 4.59. The lowest BCUT2D eigenvalue weighted by atomic mass is 10.1. The molecular formula is C9H18N2. The Morgan fingerprint density at radius 1 is 1.55 bits per heavy atom. The van der Waals surface area contributed by atoms with Gasteiger partial charge in [0, 0.05) is 12.0 Å². The lowest BCUT2D eigenvalue weighted by molar-refractivity contribution is 0.546. The highest BCUT2D eigenvalue weighted by molar-refractivity contribution is 5.86. The summed E-state index contributed by atoms with van der Waals surface area (Å²) in [6, 6.07) is 1.05. The fourth-order valence-electron chi connectivity index (χ4n) is 1.42. The van der Waals surface area contributed by atoms with Crippen LogP contribution in [0.3, 0.4) is 0 Å². The minimum absolute atomic E-state index is 0.507. The summed E-state index contributed by atoms with van der Waals surface area (Å²) in [6.07, 6.45) is 1.14. The second-order valence-electron chi connectivity index (χ2n) is 3.58. The highest BCUT2D eigenvalue weighted by Gasteiger charge is 2.23. The monoisotopic (exact) mass is 154 g/mol. The largest absolute Gasteiger partial charge is 0.369 e. The van der Waals surface area contributed by atoms with Gasteiger partial charge in [-0.05, 0) is 13.3 Å². The van der Waals surface area contributed by atoms with Gasteiger partial charge in [-0.3, -0.25) is 4.99 Å². The van der Waals surface area contributed by atoms with Gasteiger partial charge in [-0.25, -0.2) is 0 Å². The van der Waals surface area contributed by atoms with Gasteiger partial charge in [0.2, 0.25) is 0 Å². The average molecular weight is 154 g/mol. The van der Waals surface area contributed by atoms with Crippen LogP contribution in [0.2, 0.25) is 0 Å². The van der Waals surface area contributed by atoms with Crippen LogP contribution in [0.5, 0.6) is 0 Å². The Labute approximate surface area is 69.1 Å². The van der Waals surface area contributed by atoms with E-state index in [1.807, 2.05) is 0 Å². The third-order valence-electron chi connectivity index (χ3n) is 2.22. The number of hydrogen-bond donors (Lipinski definition) is 1. The van der Waals surface area contributed by atoms with E-state index in [1.54, 1.807) is 0 Å². The third-order valence-corrected chi connectivity index (χ3v) is 2.22. The van der Waals surface area contributed by atoms with E-state index in [0.717, 1.165) is 6.42 Å². The van der Waals surface area contributed by atoms with E-state index in [-0.39, 0.29) is 0 Å². The molecule has 1 N–H and O–H groups in total. The van der Waals surface area contributed by atoms with Crippen LogP contribution in [0.15, 0.2) is 4.99 Å². The van der Waals surface area contributed by atoms with Crippen molar-refractivity contribution in [3.63, 3.8) is 0 Å². The fraction of sp³-hybridized carbons (Fsp3) is 0.889. The average Bonchev–Trinajstić information content (AvgIpc) is 2.31. The summed E-state index contributed by atoms with van der Waals surface area (Å²) in [6.45, 7) is 8.75. The highest BCUT2D eigenvalue weighted by Crippen LogP contribution is 2.13. The summed E-state index contributed by atoms with van der Waals surface area (Å²) in [4.78, 5) is 4.59. The molecule has 0 spiro atoms.